The van der Waals surface area contributed by atoms with E-state index in [-0.39, 0.29) is 11.5 Å². The molecule has 3 aromatic rings. The van der Waals surface area contributed by atoms with Crippen LogP contribution in [0.5, 0.6) is 11.5 Å². The van der Waals surface area contributed by atoms with E-state index in [0.717, 1.165) is 17.7 Å². The van der Waals surface area contributed by atoms with Gasteiger partial charge in [-0.05, 0) is 42.4 Å². The number of aromatic amines is 1. The molecule has 112 valence electrons. The van der Waals surface area contributed by atoms with Crippen LogP contribution in [-0.2, 0) is 6.42 Å². The molecule has 0 radical (unpaired) electrons. The molecule has 6 heteroatoms. The van der Waals surface area contributed by atoms with Crippen LogP contribution in [0, 0.1) is 4.77 Å². The van der Waals surface area contributed by atoms with Crippen molar-refractivity contribution in [2.75, 3.05) is 0 Å². The first-order valence-corrected chi connectivity index (χ1v) is 7.30. The third-order valence-electron chi connectivity index (χ3n) is 3.51. The highest BCUT2D eigenvalue weighted by atomic mass is 32.1. The Bertz CT molecular complexity index is 883. The van der Waals surface area contributed by atoms with Gasteiger partial charge in [-0.1, -0.05) is 25.1 Å². The predicted molar refractivity (Wildman–Crippen MR) is 86.9 cm³/mol. The van der Waals surface area contributed by atoms with Gasteiger partial charge in [-0.3, -0.25) is 9.67 Å². The number of H-pyrrole nitrogens is 1. The van der Waals surface area contributed by atoms with Crippen LogP contribution in [0.1, 0.15) is 12.5 Å². The number of para-hydroxylation sites is 1. The van der Waals surface area contributed by atoms with Crippen molar-refractivity contribution in [2.24, 2.45) is 0 Å². The van der Waals surface area contributed by atoms with E-state index in [4.69, 9.17) is 12.2 Å². The Morgan fingerprint density at radius 1 is 1.18 bits per heavy atom. The zero-order valence-electron chi connectivity index (χ0n) is 11.9. The quantitative estimate of drug-likeness (QED) is 0.646. The monoisotopic (exact) mass is 313 g/mol. The fraction of sp³-hybridized carbons (Fsp3) is 0.125. The fourth-order valence-corrected chi connectivity index (χ4v) is 2.67. The SMILES string of the molecule is CCc1ccccc1-n1c(-c2ccc(O)cc2O)n[nH]c1=S. The summed E-state index contributed by atoms with van der Waals surface area (Å²) in [5, 5.41) is 26.5. The molecule has 0 fully saturated rings. The number of aryl methyl sites for hydroxylation is 1. The van der Waals surface area contributed by atoms with Crippen molar-refractivity contribution in [3.05, 3.63) is 52.8 Å². The molecule has 0 saturated carbocycles. The van der Waals surface area contributed by atoms with E-state index >= 15 is 0 Å². The van der Waals surface area contributed by atoms with Gasteiger partial charge in [0.05, 0.1) is 11.3 Å². The van der Waals surface area contributed by atoms with Crippen LogP contribution in [0.15, 0.2) is 42.5 Å². The third kappa shape index (κ3) is 2.37. The number of aromatic hydroxyl groups is 2. The molecule has 2 aromatic carbocycles. The van der Waals surface area contributed by atoms with Crippen molar-refractivity contribution in [1.29, 1.82) is 0 Å². The normalized spacial score (nSPS) is 10.8. The summed E-state index contributed by atoms with van der Waals surface area (Å²) < 4.78 is 2.24. The molecule has 0 aliphatic carbocycles. The Morgan fingerprint density at radius 2 is 1.95 bits per heavy atom. The number of nitrogens with one attached hydrogen (secondary N) is 1. The summed E-state index contributed by atoms with van der Waals surface area (Å²) in [6.07, 6.45) is 0.851. The highest BCUT2D eigenvalue weighted by molar-refractivity contribution is 7.71. The molecule has 0 spiro atoms. The van der Waals surface area contributed by atoms with Crippen LogP contribution in [0.25, 0.3) is 17.1 Å². The van der Waals surface area contributed by atoms with Gasteiger partial charge in [0.15, 0.2) is 10.6 Å². The Balaban J connectivity index is 2.27. The second-order valence-electron chi connectivity index (χ2n) is 4.87. The number of rotatable bonds is 3. The van der Waals surface area contributed by atoms with Gasteiger partial charge in [-0.15, -0.1) is 0 Å². The van der Waals surface area contributed by atoms with E-state index < -0.39 is 0 Å². The molecular formula is C16H15N3O2S. The van der Waals surface area contributed by atoms with E-state index in [0.29, 0.717) is 16.2 Å². The van der Waals surface area contributed by atoms with Crippen LogP contribution < -0.4 is 0 Å². The molecule has 0 amide bonds. The molecule has 0 aliphatic rings. The number of phenolic OH excluding ortho intramolecular Hbond substituents is 2. The van der Waals surface area contributed by atoms with Gasteiger partial charge in [0.1, 0.15) is 11.5 Å². The lowest BCUT2D eigenvalue weighted by molar-refractivity contribution is 0.451. The third-order valence-corrected chi connectivity index (χ3v) is 3.78. The zero-order chi connectivity index (χ0) is 15.7. The van der Waals surface area contributed by atoms with Gasteiger partial charge in [0.25, 0.3) is 0 Å². The first-order valence-electron chi connectivity index (χ1n) is 6.90. The van der Waals surface area contributed by atoms with Crippen LogP contribution in [0.2, 0.25) is 0 Å². The Hall–Kier alpha value is -2.60. The van der Waals surface area contributed by atoms with Crippen LogP contribution in [0.3, 0.4) is 0 Å². The second kappa shape index (κ2) is 5.65. The smallest absolute Gasteiger partial charge is 0.200 e. The van der Waals surface area contributed by atoms with E-state index in [2.05, 4.69) is 17.1 Å². The maximum absolute atomic E-state index is 10.1. The van der Waals surface area contributed by atoms with Gasteiger partial charge < -0.3 is 10.2 Å². The summed E-state index contributed by atoms with van der Waals surface area (Å²) in [5.41, 5.74) is 2.54. The summed E-state index contributed by atoms with van der Waals surface area (Å²) in [6.45, 7) is 2.07. The lowest BCUT2D eigenvalue weighted by Gasteiger charge is -2.12. The van der Waals surface area contributed by atoms with Crippen LogP contribution in [0.4, 0.5) is 0 Å². The van der Waals surface area contributed by atoms with Gasteiger partial charge in [-0.25, -0.2) is 0 Å². The largest absolute Gasteiger partial charge is 0.508 e. The Morgan fingerprint density at radius 3 is 2.68 bits per heavy atom. The van der Waals surface area contributed by atoms with Crippen molar-refractivity contribution in [3.63, 3.8) is 0 Å². The summed E-state index contributed by atoms with van der Waals surface area (Å²) in [6, 6.07) is 12.3. The van der Waals surface area contributed by atoms with Crippen molar-refractivity contribution in [3.8, 4) is 28.6 Å². The average molecular weight is 313 g/mol. The molecule has 5 nitrogen and oxygen atoms in total. The van der Waals surface area contributed by atoms with Gasteiger partial charge >= 0.3 is 0 Å². The fourth-order valence-electron chi connectivity index (χ4n) is 2.44. The molecule has 3 N–H and O–H groups in total. The summed E-state index contributed by atoms with van der Waals surface area (Å²) in [7, 11) is 0. The van der Waals surface area contributed by atoms with Crippen molar-refractivity contribution >= 4 is 12.2 Å². The summed E-state index contributed by atoms with van der Waals surface area (Å²) in [4.78, 5) is 0. The topological polar surface area (TPSA) is 74.1 Å². The number of nitrogens with zero attached hydrogens (tertiary/aromatic N) is 2. The minimum absolute atomic E-state index is 0.00380. The lowest BCUT2D eigenvalue weighted by Crippen LogP contribution is -2.01. The maximum Gasteiger partial charge on any atom is 0.200 e. The number of hydrogen-bond acceptors (Lipinski definition) is 4. The molecule has 22 heavy (non-hydrogen) atoms. The van der Waals surface area contributed by atoms with Gasteiger partial charge in [-0.2, -0.15) is 5.10 Å². The molecule has 1 heterocycles. The Labute approximate surface area is 132 Å². The molecular weight excluding hydrogens is 298 g/mol. The van der Waals surface area contributed by atoms with E-state index in [1.54, 1.807) is 10.6 Å². The average Bonchev–Trinajstić information content (AvgIpc) is 2.88. The maximum atomic E-state index is 10.1. The van der Waals surface area contributed by atoms with Crippen molar-refractivity contribution in [2.45, 2.75) is 13.3 Å². The second-order valence-corrected chi connectivity index (χ2v) is 5.26. The first-order chi connectivity index (χ1) is 10.6. The number of phenols is 2. The van der Waals surface area contributed by atoms with E-state index in [1.165, 1.54) is 12.1 Å². The molecule has 1 aromatic heterocycles. The number of hydrogen-bond donors (Lipinski definition) is 3. The summed E-state index contributed by atoms with van der Waals surface area (Å²) in [5.74, 6) is 0.448. The van der Waals surface area contributed by atoms with Crippen molar-refractivity contribution < 1.29 is 10.2 Å². The molecule has 3 rings (SSSR count). The predicted octanol–water partition coefficient (Wildman–Crippen LogP) is 3.57. The summed E-state index contributed by atoms with van der Waals surface area (Å²) >= 11 is 5.35. The van der Waals surface area contributed by atoms with Gasteiger partial charge in [0.2, 0.25) is 0 Å². The molecule has 0 bridgehead atoms. The van der Waals surface area contributed by atoms with Crippen molar-refractivity contribution in [1.82, 2.24) is 14.8 Å². The number of aromatic nitrogens is 3. The first kappa shape index (κ1) is 14.3. The molecule has 0 aliphatic heterocycles. The van der Waals surface area contributed by atoms with Gasteiger partial charge in [0, 0.05) is 6.07 Å². The standard InChI is InChI=1S/C16H15N3O2S/c1-2-10-5-3-4-6-13(10)19-15(17-18-16(19)22)12-8-7-11(20)9-14(12)21/h3-9,20-21H,2H2,1H3,(H,18,22). The highest BCUT2D eigenvalue weighted by Crippen LogP contribution is 2.32. The van der Waals surface area contributed by atoms with E-state index in [1.807, 2.05) is 24.3 Å². The lowest BCUT2D eigenvalue weighted by atomic mass is 10.1. The van der Waals surface area contributed by atoms with Crippen LogP contribution >= 0.6 is 12.2 Å². The number of benzene rings is 2. The van der Waals surface area contributed by atoms with E-state index in [9.17, 15) is 10.2 Å². The zero-order valence-corrected chi connectivity index (χ0v) is 12.8. The molecule has 0 atom stereocenters. The Kier molecular flexibility index (Phi) is 3.68. The highest BCUT2D eigenvalue weighted by Gasteiger charge is 2.16. The minimum Gasteiger partial charge on any atom is -0.508 e. The minimum atomic E-state index is -0.0516. The molecule has 0 saturated heterocycles. The van der Waals surface area contributed by atoms with Crippen LogP contribution in [-0.4, -0.2) is 25.0 Å². The molecule has 0 unspecified atom stereocenters.